The van der Waals surface area contributed by atoms with Crippen LogP contribution in [0, 0.1) is 12.3 Å². The summed E-state index contributed by atoms with van der Waals surface area (Å²) in [6.45, 7) is 6.59. The topological polar surface area (TPSA) is 20.2 Å². The van der Waals surface area contributed by atoms with Crippen molar-refractivity contribution < 1.29 is 5.11 Å². The molecule has 1 spiro atoms. The molecule has 0 atom stereocenters. The molecule has 2 aliphatic rings. The molecule has 1 aromatic carbocycles. The number of aromatic hydroxyl groups is 1. The van der Waals surface area contributed by atoms with Gasteiger partial charge in [-0.2, -0.15) is 0 Å². The lowest BCUT2D eigenvalue weighted by molar-refractivity contribution is 0.338. The zero-order valence-electron chi connectivity index (χ0n) is 13.8. The number of unbranched alkanes of at least 4 members (excludes halogenated alkanes) is 1. The van der Waals surface area contributed by atoms with Crippen molar-refractivity contribution in [1.29, 1.82) is 0 Å². The number of fused-ring (bicyclic) bond motifs is 1. The van der Waals surface area contributed by atoms with Gasteiger partial charge < -0.3 is 5.11 Å². The number of phenols is 1. The summed E-state index contributed by atoms with van der Waals surface area (Å²) in [5.74, 6) is 0.549. The number of hydrogen-bond donors (Lipinski definition) is 1. The highest BCUT2D eigenvalue weighted by molar-refractivity contribution is 5.75. The first-order chi connectivity index (χ1) is 10.1. The molecule has 0 aliphatic heterocycles. The van der Waals surface area contributed by atoms with E-state index < -0.39 is 0 Å². The Hall–Kier alpha value is -1.24. The number of hydrogen-bond acceptors (Lipinski definition) is 1. The molecule has 1 fully saturated rings. The Kier molecular flexibility index (Phi) is 3.86. The minimum atomic E-state index is 0.359. The molecule has 1 aromatic rings. The second kappa shape index (κ2) is 5.51. The Morgan fingerprint density at radius 3 is 2.52 bits per heavy atom. The van der Waals surface area contributed by atoms with Crippen LogP contribution in [-0.2, 0) is 6.42 Å². The van der Waals surface area contributed by atoms with Crippen LogP contribution in [-0.4, -0.2) is 5.11 Å². The molecular weight excluding hydrogens is 256 g/mol. The van der Waals surface area contributed by atoms with Gasteiger partial charge in [-0.1, -0.05) is 43.9 Å². The minimum Gasteiger partial charge on any atom is -0.507 e. The molecule has 21 heavy (non-hydrogen) atoms. The predicted molar refractivity (Wildman–Crippen MR) is 89.6 cm³/mol. The Morgan fingerprint density at radius 2 is 1.86 bits per heavy atom. The van der Waals surface area contributed by atoms with Crippen molar-refractivity contribution in [2.24, 2.45) is 5.41 Å². The third-order valence-electron chi connectivity index (χ3n) is 5.84. The van der Waals surface area contributed by atoms with Crippen LogP contribution < -0.4 is 0 Å². The number of phenolic OH excluding ortho intramolecular Hbond substituents is 1. The van der Waals surface area contributed by atoms with E-state index in [4.69, 9.17) is 0 Å². The fourth-order valence-corrected chi connectivity index (χ4v) is 4.63. The summed E-state index contributed by atoms with van der Waals surface area (Å²) in [4.78, 5) is 0. The summed E-state index contributed by atoms with van der Waals surface area (Å²) in [5.41, 5.74) is 7.07. The van der Waals surface area contributed by atoms with Gasteiger partial charge in [0.05, 0.1) is 0 Å². The maximum absolute atomic E-state index is 10.5. The van der Waals surface area contributed by atoms with Gasteiger partial charge in [0.2, 0.25) is 0 Å². The van der Waals surface area contributed by atoms with Gasteiger partial charge in [-0.15, -0.1) is 0 Å². The van der Waals surface area contributed by atoms with Crippen molar-refractivity contribution >= 4 is 5.57 Å². The Balaban J connectivity index is 2.13. The van der Waals surface area contributed by atoms with Crippen molar-refractivity contribution in [1.82, 2.24) is 0 Å². The van der Waals surface area contributed by atoms with E-state index in [1.807, 2.05) is 6.92 Å². The van der Waals surface area contributed by atoms with E-state index in [-0.39, 0.29) is 0 Å². The monoisotopic (exact) mass is 284 g/mol. The van der Waals surface area contributed by atoms with Gasteiger partial charge in [-0.3, -0.25) is 0 Å². The summed E-state index contributed by atoms with van der Waals surface area (Å²) in [7, 11) is 0. The summed E-state index contributed by atoms with van der Waals surface area (Å²) in [6, 6.07) is 4.30. The van der Waals surface area contributed by atoms with Gasteiger partial charge in [-0.05, 0) is 68.1 Å². The molecule has 2 aliphatic carbocycles. The Labute approximate surface area is 129 Å². The molecule has 0 radical (unpaired) electrons. The van der Waals surface area contributed by atoms with Crippen molar-refractivity contribution in [2.45, 2.75) is 72.1 Å². The van der Waals surface area contributed by atoms with E-state index in [1.165, 1.54) is 61.6 Å². The molecule has 3 rings (SSSR count). The molecule has 0 heterocycles. The van der Waals surface area contributed by atoms with Crippen molar-refractivity contribution in [3.8, 4) is 5.75 Å². The number of rotatable bonds is 3. The first kappa shape index (κ1) is 14.7. The summed E-state index contributed by atoms with van der Waals surface area (Å²) < 4.78 is 0. The van der Waals surface area contributed by atoms with Crippen LogP contribution in [0.3, 0.4) is 0 Å². The van der Waals surface area contributed by atoms with Crippen LogP contribution in [0.2, 0.25) is 0 Å². The standard InChI is InChI=1S/C20H28O/c1-4-5-8-18-15(3)16-10-9-14(2)19(21)17(16)13-20(18)11-6-7-12-20/h9-10,21H,4-8,11-13H2,1-3H3. The number of benzene rings is 1. The zero-order valence-corrected chi connectivity index (χ0v) is 13.8. The third-order valence-corrected chi connectivity index (χ3v) is 5.84. The van der Waals surface area contributed by atoms with Crippen molar-refractivity contribution in [2.75, 3.05) is 0 Å². The van der Waals surface area contributed by atoms with Crippen LogP contribution in [0.25, 0.3) is 5.57 Å². The molecular formula is C20H28O. The van der Waals surface area contributed by atoms with E-state index in [0.717, 1.165) is 12.0 Å². The highest BCUT2D eigenvalue weighted by atomic mass is 16.3. The maximum Gasteiger partial charge on any atom is 0.122 e. The molecule has 0 unspecified atom stereocenters. The molecule has 0 aromatic heterocycles. The molecule has 114 valence electrons. The normalized spacial score (nSPS) is 20.1. The quantitative estimate of drug-likeness (QED) is 0.745. The van der Waals surface area contributed by atoms with Gasteiger partial charge >= 0.3 is 0 Å². The summed E-state index contributed by atoms with van der Waals surface area (Å²) in [5, 5.41) is 10.5. The SMILES string of the molecule is CCCCC1=C(C)c2ccc(C)c(O)c2CC12CCCC2. The van der Waals surface area contributed by atoms with Crippen molar-refractivity contribution in [3.05, 3.63) is 34.4 Å². The minimum absolute atomic E-state index is 0.359. The Morgan fingerprint density at radius 1 is 1.14 bits per heavy atom. The van der Waals surface area contributed by atoms with Gasteiger partial charge in [0.25, 0.3) is 0 Å². The van der Waals surface area contributed by atoms with E-state index in [9.17, 15) is 5.11 Å². The smallest absolute Gasteiger partial charge is 0.122 e. The van der Waals surface area contributed by atoms with E-state index in [0.29, 0.717) is 11.2 Å². The summed E-state index contributed by atoms with van der Waals surface area (Å²) in [6.07, 6.45) is 10.2. The van der Waals surface area contributed by atoms with Gasteiger partial charge in [0.15, 0.2) is 0 Å². The fourth-order valence-electron chi connectivity index (χ4n) is 4.63. The van der Waals surface area contributed by atoms with Gasteiger partial charge in [-0.25, -0.2) is 0 Å². The largest absolute Gasteiger partial charge is 0.507 e. The molecule has 0 saturated heterocycles. The van der Waals surface area contributed by atoms with Gasteiger partial charge in [0.1, 0.15) is 5.75 Å². The average Bonchev–Trinajstić information content (AvgIpc) is 2.92. The fraction of sp³-hybridized carbons (Fsp3) is 0.600. The van der Waals surface area contributed by atoms with Crippen LogP contribution in [0.15, 0.2) is 17.7 Å². The predicted octanol–water partition coefficient (Wildman–Crippen LogP) is 5.78. The van der Waals surface area contributed by atoms with E-state index in [1.54, 1.807) is 5.57 Å². The number of aryl methyl sites for hydroxylation is 1. The zero-order chi connectivity index (χ0) is 15.0. The van der Waals surface area contributed by atoms with Crippen LogP contribution >= 0.6 is 0 Å². The second-order valence-electron chi connectivity index (χ2n) is 7.13. The van der Waals surface area contributed by atoms with Crippen LogP contribution in [0.1, 0.15) is 75.5 Å². The first-order valence-electron chi connectivity index (χ1n) is 8.61. The Bertz CT molecular complexity index is 574. The van der Waals surface area contributed by atoms with Crippen molar-refractivity contribution in [3.63, 3.8) is 0 Å². The lowest BCUT2D eigenvalue weighted by Crippen LogP contribution is -2.28. The van der Waals surface area contributed by atoms with E-state index in [2.05, 4.69) is 26.0 Å². The highest BCUT2D eigenvalue weighted by Crippen LogP contribution is 2.55. The highest BCUT2D eigenvalue weighted by Gasteiger charge is 2.42. The third kappa shape index (κ3) is 2.31. The maximum atomic E-state index is 10.5. The molecule has 1 nitrogen and oxygen atoms in total. The van der Waals surface area contributed by atoms with E-state index >= 15 is 0 Å². The number of allylic oxidation sites excluding steroid dienone is 2. The second-order valence-corrected chi connectivity index (χ2v) is 7.13. The molecule has 1 N–H and O–H groups in total. The molecule has 1 saturated carbocycles. The average molecular weight is 284 g/mol. The lowest BCUT2D eigenvalue weighted by Gasteiger charge is -2.39. The molecule has 0 amide bonds. The molecule has 0 bridgehead atoms. The summed E-state index contributed by atoms with van der Waals surface area (Å²) >= 11 is 0. The van der Waals surface area contributed by atoms with Crippen LogP contribution in [0.5, 0.6) is 5.75 Å². The van der Waals surface area contributed by atoms with Gasteiger partial charge in [0, 0.05) is 5.56 Å². The first-order valence-corrected chi connectivity index (χ1v) is 8.61. The molecule has 1 heteroatoms. The lowest BCUT2D eigenvalue weighted by atomic mass is 9.65. The van der Waals surface area contributed by atoms with Crippen LogP contribution in [0.4, 0.5) is 0 Å².